The third-order valence-electron chi connectivity index (χ3n) is 6.94. The maximum absolute atomic E-state index is 12.6. The zero-order valence-corrected chi connectivity index (χ0v) is 16.1. The van der Waals surface area contributed by atoms with E-state index < -0.39 is 5.60 Å². The number of hydrogen-bond donors (Lipinski definition) is 3. The van der Waals surface area contributed by atoms with Gasteiger partial charge in [0.25, 0.3) is 0 Å². The lowest BCUT2D eigenvalue weighted by Crippen LogP contribution is -2.66. The normalized spacial score (nSPS) is 34.2. The van der Waals surface area contributed by atoms with E-state index in [2.05, 4.69) is 40.7 Å². The SMILES string of the molecule is Cc1ccc2c(c1)nc(CNC(=O)NC13CC4CC(CC(O)(C4)C1)C3)n2C. The molecule has 2 atom stereocenters. The number of rotatable bonds is 3. The number of fused-ring (bicyclic) bond motifs is 1. The van der Waals surface area contributed by atoms with Gasteiger partial charge in [-0.05, 0) is 75.0 Å². The first-order chi connectivity index (χ1) is 12.8. The Balaban J connectivity index is 1.27. The van der Waals surface area contributed by atoms with Crippen LogP contribution in [0.1, 0.15) is 49.9 Å². The van der Waals surface area contributed by atoms with Crippen LogP contribution in [-0.2, 0) is 13.6 Å². The van der Waals surface area contributed by atoms with Crippen molar-refractivity contribution in [2.24, 2.45) is 18.9 Å². The van der Waals surface area contributed by atoms with E-state index in [0.717, 1.165) is 42.5 Å². The number of urea groups is 1. The molecule has 2 aromatic rings. The number of hydrogen-bond acceptors (Lipinski definition) is 3. The highest BCUT2D eigenvalue weighted by Crippen LogP contribution is 2.57. The van der Waals surface area contributed by atoms with Crippen molar-refractivity contribution in [3.05, 3.63) is 29.6 Å². The van der Waals surface area contributed by atoms with Crippen molar-refractivity contribution in [2.75, 3.05) is 0 Å². The number of aromatic nitrogens is 2. The predicted octanol–water partition coefficient (Wildman–Crippen LogP) is 2.76. The number of aryl methyl sites for hydroxylation is 2. The summed E-state index contributed by atoms with van der Waals surface area (Å²) in [6.07, 6.45) is 5.75. The van der Waals surface area contributed by atoms with Crippen molar-refractivity contribution in [1.82, 2.24) is 20.2 Å². The van der Waals surface area contributed by atoms with E-state index in [0.29, 0.717) is 24.8 Å². The molecular formula is C21H28N4O2. The van der Waals surface area contributed by atoms with E-state index in [-0.39, 0.29) is 11.6 Å². The van der Waals surface area contributed by atoms with E-state index in [4.69, 9.17) is 0 Å². The van der Waals surface area contributed by atoms with Crippen LogP contribution in [0, 0.1) is 18.8 Å². The second-order valence-corrected chi connectivity index (χ2v) is 9.35. The molecule has 4 fully saturated rings. The largest absolute Gasteiger partial charge is 0.390 e. The molecule has 27 heavy (non-hydrogen) atoms. The average Bonchev–Trinajstić information content (AvgIpc) is 2.85. The lowest BCUT2D eigenvalue weighted by Gasteiger charge is -2.60. The van der Waals surface area contributed by atoms with Crippen LogP contribution in [0.3, 0.4) is 0 Å². The van der Waals surface area contributed by atoms with Gasteiger partial charge in [-0.3, -0.25) is 0 Å². The van der Waals surface area contributed by atoms with E-state index in [1.54, 1.807) is 0 Å². The van der Waals surface area contributed by atoms with E-state index in [9.17, 15) is 9.90 Å². The highest BCUT2D eigenvalue weighted by atomic mass is 16.3. The quantitative estimate of drug-likeness (QED) is 0.779. The Kier molecular flexibility index (Phi) is 3.60. The molecule has 4 aliphatic carbocycles. The Morgan fingerprint density at radius 3 is 2.74 bits per heavy atom. The predicted molar refractivity (Wildman–Crippen MR) is 103 cm³/mol. The molecule has 6 rings (SSSR count). The van der Waals surface area contributed by atoms with Crippen molar-refractivity contribution in [2.45, 2.75) is 63.1 Å². The molecule has 144 valence electrons. The van der Waals surface area contributed by atoms with Gasteiger partial charge in [-0.25, -0.2) is 9.78 Å². The van der Waals surface area contributed by atoms with Gasteiger partial charge in [-0.15, -0.1) is 0 Å². The third-order valence-corrected chi connectivity index (χ3v) is 6.94. The van der Waals surface area contributed by atoms with Crippen molar-refractivity contribution in [3.63, 3.8) is 0 Å². The summed E-state index contributed by atoms with van der Waals surface area (Å²) in [5.74, 6) is 1.95. The molecule has 0 radical (unpaired) electrons. The highest BCUT2D eigenvalue weighted by Gasteiger charge is 2.57. The topological polar surface area (TPSA) is 79.2 Å². The van der Waals surface area contributed by atoms with E-state index in [1.807, 2.05) is 11.6 Å². The number of nitrogens with one attached hydrogen (secondary N) is 2. The number of benzene rings is 1. The zero-order valence-electron chi connectivity index (χ0n) is 16.1. The fourth-order valence-corrected chi connectivity index (χ4v) is 6.32. The number of carbonyl (C=O) groups excluding carboxylic acids is 1. The minimum absolute atomic E-state index is 0.149. The second-order valence-electron chi connectivity index (χ2n) is 9.35. The highest BCUT2D eigenvalue weighted by molar-refractivity contribution is 5.77. The van der Waals surface area contributed by atoms with Crippen molar-refractivity contribution in [3.8, 4) is 0 Å². The van der Waals surface area contributed by atoms with Crippen molar-refractivity contribution >= 4 is 17.1 Å². The van der Waals surface area contributed by atoms with Crippen LogP contribution in [-0.4, -0.2) is 31.8 Å². The van der Waals surface area contributed by atoms with Gasteiger partial charge in [0.2, 0.25) is 0 Å². The molecule has 6 heteroatoms. The van der Waals surface area contributed by atoms with Gasteiger partial charge in [-0.1, -0.05) is 6.07 Å². The van der Waals surface area contributed by atoms with E-state index >= 15 is 0 Å². The summed E-state index contributed by atoms with van der Waals surface area (Å²) < 4.78 is 2.03. The molecule has 1 heterocycles. The fourth-order valence-electron chi connectivity index (χ4n) is 6.32. The lowest BCUT2D eigenvalue weighted by molar-refractivity contribution is -0.139. The standard InChI is InChI=1S/C21H28N4O2/c1-13-3-4-17-16(5-13)23-18(25(17)2)11-22-19(26)24-20-7-14-6-15(8-20)10-21(27,9-14)12-20/h3-5,14-15,27H,6-12H2,1-2H3,(H2,22,24,26). The molecule has 3 N–H and O–H groups in total. The van der Waals surface area contributed by atoms with Crippen LogP contribution in [0.25, 0.3) is 11.0 Å². The molecule has 6 nitrogen and oxygen atoms in total. The van der Waals surface area contributed by atoms with Crippen LogP contribution in [0.2, 0.25) is 0 Å². The zero-order chi connectivity index (χ0) is 18.8. The van der Waals surface area contributed by atoms with Crippen LogP contribution >= 0.6 is 0 Å². The molecule has 2 amide bonds. The smallest absolute Gasteiger partial charge is 0.315 e. The number of aliphatic hydroxyl groups is 1. The fraction of sp³-hybridized carbons (Fsp3) is 0.619. The van der Waals surface area contributed by atoms with Gasteiger partial charge in [-0.2, -0.15) is 0 Å². The summed E-state index contributed by atoms with van der Waals surface area (Å²) in [6, 6.07) is 6.06. The molecule has 2 unspecified atom stereocenters. The molecule has 0 aliphatic heterocycles. The second kappa shape index (κ2) is 5.71. The Labute approximate surface area is 159 Å². The summed E-state index contributed by atoms with van der Waals surface area (Å²) in [4.78, 5) is 17.3. The number of nitrogens with zero attached hydrogens (tertiary/aromatic N) is 2. The van der Waals surface area contributed by atoms with Gasteiger partial charge in [0.1, 0.15) is 5.82 Å². The molecule has 4 bridgehead atoms. The van der Waals surface area contributed by atoms with Gasteiger partial charge in [0.05, 0.1) is 23.2 Å². The van der Waals surface area contributed by atoms with Crippen LogP contribution in [0.5, 0.6) is 0 Å². The summed E-state index contributed by atoms with van der Waals surface area (Å²) in [7, 11) is 1.98. The van der Waals surface area contributed by atoms with Gasteiger partial charge < -0.3 is 20.3 Å². The Bertz CT molecular complexity index is 904. The number of imidazole rings is 1. The maximum Gasteiger partial charge on any atom is 0.315 e. The van der Waals surface area contributed by atoms with Gasteiger partial charge in [0, 0.05) is 12.6 Å². The Morgan fingerprint density at radius 1 is 1.30 bits per heavy atom. The summed E-state index contributed by atoms with van der Waals surface area (Å²) in [6.45, 7) is 2.45. The van der Waals surface area contributed by atoms with Crippen molar-refractivity contribution in [1.29, 1.82) is 0 Å². The summed E-state index contributed by atoms with van der Waals surface area (Å²) in [5.41, 5.74) is 2.41. The maximum atomic E-state index is 12.6. The van der Waals surface area contributed by atoms with Gasteiger partial charge >= 0.3 is 6.03 Å². The molecular weight excluding hydrogens is 340 g/mol. The summed E-state index contributed by atoms with van der Waals surface area (Å²) >= 11 is 0. The molecule has 1 aromatic carbocycles. The van der Waals surface area contributed by atoms with E-state index in [1.165, 1.54) is 12.0 Å². The number of carbonyl (C=O) groups is 1. The molecule has 0 saturated heterocycles. The average molecular weight is 368 g/mol. The monoisotopic (exact) mass is 368 g/mol. The minimum Gasteiger partial charge on any atom is -0.390 e. The van der Waals surface area contributed by atoms with Gasteiger partial charge in [0.15, 0.2) is 0 Å². The van der Waals surface area contributed by atoms with Crippen molar-refractivity contribution < 1.29 is 9.90 Å². The first kappa shape index (κ1) is 17.0. The molecule has 0 spiro atoms. The minimum atomic E-state index is -0.563. The van der Waals surface area contributed by atoms with Crippen LogP contribution < -0.4 is 10.6 Å². The summed E-state index contributed by atoms with van der Waals surface area (Å²) in [5, 5.41) is 17.1. The Morgan fingerprint density at radius 2 is 2.04 bits per heavy atom. The lowest BCUT2D eigenvalue weighted by atomic mass is 9.51. The first-order valence-electron chi connectivity index (χ1n) is 10.0. The van der Waals surface area contributed by atoms with Crippen LogP contribution in [0.4, 0.5) is 4.79 Å². The third kappa shape index (κ3) is 2.90. The number of amides is 2. The Hall–Kier alpha value is -2.08. The molecule has 4 aliphatic rings. The first-order valence-corrected chi connectivity index (χ1v) is 10.0. The molecule has 1 aromatic heterocycles. The molecule has 4 saturated carbocycles. The van der Waals surface area contributed by atoms with Crippen LogP contribution in [0.15, 0.2) is 18.2 Å².